The second kappa shape index (κ2) is 3.74. The summed E-state index contributed by atoms with van der Waals surface area (Å²) in [5.41, 5.74) is 9.93. The van der Waals surface area contributed by atoms with Gasteiger partial charge in [0.05, 0.1) is 0 Å². The first kappa shape index (κ1) is 10.1. The normalized spacial score (nSPS) is 23.7. The minimum absolute atomic E-state index is 0.0506. The lowest BCUT2D eigenvalue weighted by atomic mass is 9.97. The van der Waals surface area contributed by atoms with Crippen molar-refractivity contribution in [1.82, 2.24) is 5.32 Å². The Hall–Kier alpha value is -1.09. The fourth-order valence-corrected chi connectivity index (χ4v) is 3.02. The van der Waals surface area contributed by atoms with Crippen LogP contribution < -0.4 is 11.1 Å². The maximum atomic E-state index is 13.9. The van der Waals surface area contributed by atoms with Crippen molar-refractivity contribution in [3.8, 4) is 0 Å². The van der Waals surface area contributed by atoms with Crippen molar-refractivity contribution < 1.29 is 4.39 Å². The molecule has 3 rings (SSSR count). The minimum Gasteiger partial charge on any atom is -0.398 e. The van der Waals surface area contributed by atoms with Gasteiger partial charge < -0.3 is 11.1 Å². The number of anilines is 1. The van der Waals surface area contributed by atoms with E-state index in [4.69, 9.17) is 5.73 Å². The van der Waals surface area contributed by atoms with Crippen LogP contribution in [0.1, 0.15) is 42.0 Å². The van der Waals surface area contributed by atoms with Crippen molar-refractivity contribution >= 4 is 5.69 Å². The average molecular weight is 220 g/mol. The zero-order chi connectivity index (χ0) is 11.1. The van der Waals surface area contributed by atoms with E-state index in [1.165, 1.54) is 0 Å². The molecule has 0 spiro atoms. The third kappa shape index (κ3) is 1.42. The first-order chi connectivity index (χ1) is 7.77. The molecule has 16 heavy (non-hydrogen) atoms. The van der Waals surface area contributed by atoms with Gasteiger partial charge in [0.1, 0.15) is 5.82 Å². The van der Waals surface area contributed by atoms with E-state index in [0.29, 0.717) is 0 Å². The predicted molar refractivity (Wildman–Crippen MR) is 62.8 cm³/mol. The number of fused-ring (bicyclic) bond motifs is 1. The van der Waals surface area contributed by atoms with Crippen molar-refractivity contribution in [3.63, 3.8) is 0 Å². The van der Waals surface area contributed by atoms with Gasteiger partial charge in [-0.1, -0.05) is 0 Å². The van der Waals surface area contributed by atoms with Crippen LogP contribution in [0.15, 0.2) is 6.07 Å². The summed E-state index contributed by atoms with van der Waals surface area (Å²) in [5.74, 6) is -0.0506. The summed E-state index contributed by atoms with van der Waals surface area (Å²) >= 11 is 0. The molecule has 1 fully saturated rings. The lowest BCUT2D eigenvalue weighted by Crippen LogP contribution is -2.16. The fraction of sp³-hybridized carbons (Fsp3) is 0.538. The van der Waals surface area contributed by atoms with Crippen LogP contribution in [-0.2, 0) is 12.8 Å². The van der Waals surface area contributed by atoms with Crippen molar-refractivity contribution in [2.24, 2.45) is 0 Å². The summed E-state index contributed by atoms with van der Waals surface area (Å²) < 4.78 is 13.9. The molecular formula is C13H17FN2. The van der Waals surface area contributed by atoms with E-state index < -0.39 is 0 Å². The highest BCUT2D eigenvalue weighted by molar-refractivity contribution is 5.60. The number of hydrogen-bond donors (Lipinski definition) is 2. The number of benzene rings is 1. The summed E-state index contributed by atoms with van der Waals surface area (Å²) in [7, 11) is 0. The third-order valence-corrected chi connectivity index (χ3v) is 3.86. The number of nitrogens with two attached hydrogens (primary N) is 1. The predicted octanol–water partition coefficient (Wildman–Crippen LogP) is 2.32. The van der Waals surface area contributed by atoms with Crippen LogP contribution in [0.25, 0.3) is 0 Å². The Morgan fingerprint density at radius 1 is 1.25 bits per heavy atom. The quantitative estimate of drug-likeness (QED) is 0.713. The number of nitrogens with one attached hydrogen (secondary N) is 1. The molecule has 1 aliphatic heterocycles. The molecule has 0 amide bonds. The summed E-state index contributed by atoms with van der Waals surface area (Å²) in [6, 6.07) is 1.92. The zero-order valence-electron chi connectivity index (χ0n) is 9.35. The summed E-state index contributed by atoms with van der Waals surface area (Å²) in [6.07, 6.45) is 5.06. The Morgan fingerprint density at radius 2 is 2.06 bits per heavy atom. The minimum atomic E-state index is -0.0506. The highest BCUT2D eigenvalue weighted by Gasteiger charge is 2.25. The molecular weight excluding hydrogens is 203 g/mol. The van der Waals surface area contributed by atoms with Gasteiger partial charge in [0.25, 0.3) is 0 Å². The first-order valence-electron chi connectivity index (χ1n) is 6.10. The van der Waals surface area contributed by atoms with Crippen LogP contribution in [0.5, 0.6) is 0 Å². The largest absolute Gasteiger partial charge is 0.398 e. The van der Waals surface area contributed by atoms with E-state index in [-0.39, 0.29) is 11.9 Å². The summed E-state index contributed by atoms with van der Waals surface area (Å²) in [5, 5.41) is 3.39. The molecule has 2 nitrogen and oxygen atoms in total. The summed E-state index contributed by atoms with van der Waals surface area (Å²) in [6.45, 7) is 1.02. The highest BCUT2D eigenvalue weighted by Crippen LogP contribution is 2.36. The smallest absolute Gasteiger partial charge is 0.127 e. The van der Waals surface area contributed by atoms with E-state index in [1.807, 2.05) is 0 Å². The molecule has 3 N–H and O–H groups in total. The van der Waals surface area contributed by atoms with Crippen LogP contribution in [0.4, 0.5) is 10.1 Å². The standard InChI is InChI=1S/C13H17FN2/c14-11-7-10(12-5-2-6-16-12)13(15)9-4-1-3-8(9)11/h7,12,16H,1-6,15H2/t12-/m1/s1. The molecule has 2 aliphatic rings. The summed E-state index contributed by atoms with van der Waals surface area (Å²) in [4.78, 5) is 0. The molecule has 1 heterocycles. The van der Waals surface area contributed by atoms with Crippen molar-refractivity contribution in [3.05, 3.63) is 28.6 Å². The molecule has 1 aromatic rings. The molecule has 0 radical (unpaired) electrons. The molecule has 1 aliphatic carbocycles. The van der Waals surface area contributed by atoms with E-state index in [9.17, 15) is 4.39 Å². The molecule has 1 atom stereocenters. The lowest BCUT2D eigenvalue weighted by molar-refractivity contribution is 0.597. The van der Waals surface area contributed by atoms with Gasteiger partial charge in [0.15, 0.2) is 0 Å². The van der Waals surface area contributed by atoms with E-state index >= 15 is 0 Å². The van der Waals surface area contributed by atoms with Crippen LogP contribution >= 0.6 is 0 Å². The molecule has 3 heteroatoms. The Bertz CT molecular complexity index is 422. The van der Waals surface area contributed by atoms with Crippen LogP contribution in [0.2, 0.25) is 0 Å². The molecule has 0 bridgehead atoms. The number of nitrogen functional groups attached to an aromatic ring is 1. The Balaban J connectivity index is 2.08. The molecule has 0 aromatic heterocycles. The molecule has 0 saturated carbocycles. The van der Waals surface area contributed by atoms with Crippen LogP contribution in [0, 0.1) is 5.82 Å². The number of hydrogen-bond acceptors (Lipinski definition) is 2. The third-order valence-electron chi connectivity index (χ3n) is 3.86. The lowest BCUT2D eigenvalue weighted by Gasteiger charge is -2.17. The topological polar surface area (TPSA) is 38.0 Å². The fourth-order valence-electron chi connectivity index (χ4n) is 3.02. The second-order valence-electron chi connectivity index (χ2n) is 4.82. The molecule has 86 valence electrons. The zero-order valence-corrected chi connectivity index (χ0v) is 9.35. The SMILES string of the molecule is Nc1c([C@H]2CCCN2)cc(F)c2c1CCC2. The molecule has 0 unspecified atom stereocenters. The van der Waals surface area contributed by atoms with Crippen LogP contribution in [-0.4, -0.2) is 6.54 Å². The maximum absolute atomic E-state index is 13.9. The van der Waals surface area contributed by atoms with E-state index in [2.05, 4.69) is 5.32 Å². The van der Waals surface area contributed by atoms with Gasteiger partial charge in [0, 0.05) is 11.7 Å². The van der Waals surface area contributed by atoms with Gasteiger partial charge in [-0.05, 0) is 61.4 Å². The Morgan fingerprint density at radius 3 is 2.81 bits per heavy atom. The van der Waals surface area contributed by atoms with Gasteiger partial charge in [-0.15, -0.1) is 0 Å². The van der Waals surface area contributed by atoms with Gasteiger partial charge in [-0.25, -0.2) is 4.39 Å². The number of halogens is 1. The number of rotatable bonds is 1. The van der Waals surface area contributed by atoms with E-state index in [0.717, 1.165) is 61.0 Å². The highest BCUT2D eigenvalue weighted by atomic mass is 19.1. The maximum Gasteiger partial charge on any atom is 0.127 e. The van der Waals surface area contributed by atoms with Gasteiger partial charge >= 0.3 is 0 Å². The van der Waals surface area contributed by atoms with Gasteiger partial charge in [0.2, 0.25) is 0 Å². The monoisotopic (exact) mass is 220 g/mol. The molecule has 1 saturated heterocycles. The molecule has 1 aromatic carbocycles. The van der Waals surface area contributed by atoms with Crippen molar-refractivity contribution in [1.29, 1.82) is 0 Å². The Labute approximate surface area is 95.0 Å². The van der Waals surface area contributed by atoms with Crippen molar-refractivity contribution in [2.75, 3.05) is 12.3 Å². The first-order valence-corrected chi connectivity index (χ1v) is 6.10. The average Bonchev–Trinajstić information content (AvgIpc) is 2.92. The Kier molecular flexibility index (Phi) is 2.36. The second-order valence-corrected chi connectivity index (χ2v) is 4.82. The van der Waals surface area contributed by atoms with Gasteiger partial charge in [-0.3, -0.25) is 0 Å². The van der Waals surface area contributed by atoms with Crippen LogP contribution in [0.3, 0.4) is 0 Å². The van der Waals surface area contributed by atoms with Gasteiger partial charge in [-0.2, -0.15) is 0 Å². The van der Waals surface area contributed by atoms with Crippen molar-refractivity contribution in [2.45, 2.75) is 38.1 Å². The van der Waals surface area contributed by atoms with E-state index in [1.54, 1.807) is 6.07 Å².